The Labute approximate surface area is 170 Å². The van der Waals surface area contributed by atoms with Gasteiger partial charge in [0.2, 0.25) is 0 Å². The molecule has 6 nitrogen and oxygen atoms in total. The summed E-state index contributed by atoms with van der Waals surface area (Å²) in [5, 5.41) is 3.04. The van der Waals surface area contributed by atoms with Gasteiger partial charge in [0.25, 0.3) is 5.91 Å². The van der Waals surface area contributed by atoms with Crippen LogP contribution in [-0.2, 0) is 0 Å². The lowest BCUT2D eigenvalue weighted by Crippen LogP contribution is -2.29. The molecule has 0 fully saturated rings. The fourth-order valence-corrected chi connectivity index (χ4v) is 4.21. The fourth-order valence-electron chi connectivity index (χ4n) is 3.19. The molecule has 0 radical (unpaired) electrons. The van der Waals surface area contributed by atoms with Gasteiger partial charge in [0, 0.05) is 24.0 Å². The van der Waals surface area contributed by atoms with Crippen molar-refractivity contribution in [1.82, 2.24) is 19.6 Å². The first-order valence-electron chi connectivity index (χ1n) is 9.70. The lowest BCUT2D eigenvalue weighted by atomic mass is 10.2. The van der Waals surface area contributed by atoms with E-state index in [0.29, 0.717) is 6.54 Å². The number of ether oxygens (including phenoxy) is 1. The highest BCUT2D eigenvalue weighted by Gasteiger charge is 2.18. The summed E-state index contributed by atoms with van der Waals surface area (Å²) in [4.78, 5) is 21.2. The summed E-state index contributed by atoms with van der Waals surface area (Å²) in [5.74, 6) is 0.805. The maximum atomic E-state index is 12.6. The monoisotopic (exact) mass is 400 g/mol. The molecule has 0 aliphatic heterocycles. The number of aryl methyl sites for hydroxylation is 1. The highest BCUT2D eigenvalue weighted by molar-refractivity contribution is 7.19. The summed E-state index contributed by atoms with van der Waals surface area (Å²) >= 11 is 1.43. The highest BCUT2D eigenvalue weighted by atomic mass is 32.1. The number of carbonyl (C=O) groups excluding carboxylic acids is 1. The molecular weight excluding hydrogens is 372 g/mol. The van der Waals surface area contributed by atoms with Crippen molar-refractivity contribution in [2.75, 3.05) is 33.3 Å². The van der Waals surface area contributed by atoms with Crippen molar-refractivity contribution < 1.29 is 9.53 Å². The van der Waals surface area contributed by atoms with E-state index in [1.807, 2.05) is 41.8 Å². The maximum Gasteiger partial charge on any atom is 0.263 e. The van der Waals surface area contributed by atoms with E-state index < -0.39 is 0 Å². The van der Waals surface area contributed by atoms with Gasteiger partial charge in [-0.05, 0) is 57.2 Å². The zero-order valence-electron chi connectivity index (χ0n) is 17.0. The zero-order valence-corrected chi connectivity index (χ0v) is 17.8. The van der Waals surface area contributed by atoms with Crippen molar-refractivity contribution in [3.8, 4) is 17.0 Å². The third-order valence-electron chi connectivity index (χ3n) is 4.98. The molecule has 0 saturated heterocycles. The van der Waals surface area contributed by atoms with Crippen LogP contribution in [0.5, 0.6) is 5.75 Å². The minimum absolute atomic E-state index is 0.0152. The van der Waals surface area contributed by atoms with E-state index in [-0.39, 0.29) is 5.91 Å². The van der Waals surface area contributed by atoms with Crippen LogP contribution >= 0.6 is 11.3 Å². The molecule has 28 heavy (non-hydrogen) atoms. The van der Waals surface area contributed by atoms with Crippen molar-refractivity contribution in [3.05, 3.63) is 41.0 Å². The summed E-state index contributed by atoms with van der Waals surface area (Å²) in [5.41, 5.74) is 2.84. The molecule has 2 heterocycles. The molecule has 1 amide bonds. The van der Waals surface area contributed by atoms with Gasteiger partial charge in [-0.1, -0.05) is 25.2 Å². The van der Waals surface area contributed by atoms with Gasteiger partial charge in [-0.25, -0.2) is 4.98 Å². The first-order chi connectivity index (χ1) is 13.6. The fraction of sp³-hybridized carbons (Fsp3) is 0.429. The minimum Gasteiger partial charge on any atom is -0.497 e. The number of nitrogens with zero attached hydrogens (tertiary/aromatic N) is 3. The molecule has 0 aliphatic carbocycles. The van der Waals surface area contributed by atoms with Crippen LogP contribution in [0.15, 0.2) is 30.5 Å². The van der Waals surface area contributed by atoms with Crippen molar-refractivity contribution in [3.63, 3.8) is 0 Å². The van der Waals surface area contributed by atoms with Crippen LogP contribution in [0.2, 0.25) is 0 Å². The van der Waals surface area contributed by atoms with Crippen LogP contribution in [0.3, 0.4) is 0 Å². The van der Waals surface area contributed by atoms with Gasteiger partial charge < -0.3 is 15.0 Å². The van der Waals surface area contributed by atoms with Gasteiger partial charge in [-0.3, -0.25) is 9.20 Å². The number of carbonyl (C=O) groups is 1. The van der Waals surface area contributed by atoms with Gasteiger partial charge in [-0.15, -0.1) is 0 Å². The summed E-state index contributed by atoms with van der Waals surface area (Å²) in [6.07, 6.45) is 2.94. The number of hydrogen-bond acceptors (Lipinski definition) is 5. The molecule has 0 unspecified atom stereocenters. The molecule has 150 valence electrons. The van der Waals surface area contributed by atoms with Crippen LogP contribution in [-0.4, -0.2) is 53.5 Å². The molecule has 0 bridgehead atoms. The van der Waals surface area contributed by atoms with E-state index in [1.165, 1.54) is 11.3 Å². The maximum absolute atomic E-state index is 12.6. The van der Waals surface area contributed by atoms with Gasteiger partial charge in [0.15, 0.2) is 4.96 Å². The largest absolute Gasteiger partial charge is 0.497 e. The number of hydrogen-bond donors (Lipinski definition) is 1. The number of nitrogens with one attached hydrogen (secondary N) is 1. The molecule has 0 atom stereocenters. The zero-order chi connectivity index (χ0) is 20.1. The molecule has 2 aromatic heterocycles. The van der Waals surface area contributed by atoms with Crippen molar-refractivity contribution in [2.45, 2.75) is 27.2 Å². The summed E-state index contributed by atoms with van der Waals surface area (Å²) in [7, 11) is 1.65. The second-order valence-corrected chi connectivity index (χ2v) is 7.64. The van der Waals surface area contributed by atoms with E-state index in [4.69, 9.17) is 9.72 Å². The number of fused-ring (bicyclic) bond motifs is 1. The third kappa shape index (κ3) is 4.36. The van der Waals surface area contributed by atoms with Crippen molar-refractivity contribution in [1.29, 1.82) is 0 Å². The molecule has 0 aliphatic rings. The van der Waals surface area contributed by atoms with Gasteiger partial charge in [-0.2, -0.15) is 0 Å². The Hall–Kier alpha value is -2.38. The Balaban J connectivity index is 1.67. The quantitative estimate of drug-likeness (QED) is 0.555. The normalized spacial score (nSPS) is 11.3. The number of aromatic nitrogens is 2. The number of methoxy groups -OCH3 is 1. The first-order valence-corrected chi connectivity index (χ1v) is 10.5. The topological polar surface area (TPSA) is 58.9 Å². The molecule has 1 N–H and O–H groups in total. The third-order valence-corrected chi connectivity index (χ3v) is 6.14. The predicted octanol–water partition coefficient (Wildman–Crippen LogP) is 3.84. The lowest BCUT2D eigenvalue weighted by Gasteiger charge is -2.17. The Bertz CT molecular complexity index is 926. The second kappa shape index (κ2) is 9.21. The molecular formula is C21H28N4O2S. The molecule has 3 aromatic rings. The lowest BCUT2D eigenvalue weighted by molar-refractivity contribution is 0.0955. The predicted molar refractivity (Wildman–Crippen MR) is 115 cm³/mol. The number of rotatable bonds is 9. The SMILES string of the molecule is CCN(CC)CCCNC(=O)c1sc2nc(-c3ccc(OC)cc3)cn2c1C. The standard InChI is InChI=1S/C21H28N4O2S/c1-5-24(6-2)13-7-12-22-20(26)19-15(3)25-14-18(23-21(25)28-19)16-8-10-17(27-4)11-9-16/h8-11,14H,5-7,12-13H2,1-4H3,(H,22,26). The number of amides is 1. The Kier molecular flexibility index (Phi) is 6.70. The van der Waals surface area contributed by atoms with E-state index in [9.17, 15) is 4.79 Å². The molecule has 0 saturated carbocycles. The molecule has 0 spiro atoms. The Morgan fingerprint density at radius 2 is 1.96 bits per heavy atom. The number of thiazole rings is 1. The van der Waals surface area contributed by atoms with Crippen molar-refractivity contribution in [2.24, 2.45) is 0 Å². The molecule has 7 heteroatoms. The van der Waals surface area contributed by atoms with Crippen LogP contribution in [0.25, 0.3) is 16.2 Å². The van der Waals surface area contributed by atoms with Gasteiger partial charge >= 0.3 is 0 Å². The van der Waals surface area contributed by atoms with Crippen LogP contribution in [0.1, 0.15) is 35.6 Å². The number of benzene rings is 1. The molecule has 1 aromatic carbocycles. The van der Waals surface area contributed by atoms with E-state index in [2.05, 4.69) is 24.1 Å². The van der Waals surface area contributed by atoms with Gasteiger partial charge in [0.1, 0.15) is 10.6 Å². The minimum atomic E-state index is -0.0152. The average Bonchev–Trinajstić information content (AvgIpc) is 3.27. The smallest absolute Gasteiger partial charge is 0.263 e. The van der Waals surface area contributed by atoms with Crippen molar-refractivity contribution >= 4 is 22.2 Å². The highest BCUT2D eigenvalue weighted by Crippen LogP contribution is 2.28. The summed E-state index contributed by atoms with van der Waals surface area (Å²) < 4.78 is 7.20. The van der Waals surface area contributed by atoms with Crippen LogP contribution in [0, 0.1) is 6.92 Å². The van der Waals surface area contributed by atoms with E-state index in [0.717, 1.165) is 58.6 Å². The second-order valence-electron chi connectivity index (χ2n) is 6.66. The average molecular weight is 401 g/mol. The molecule has 3 rings (SSSR count). The van der Waals surface area contributed by atoms with Crippen LogP contribution < -0.4 is 10.1 Å². The summed E-state index contributed by atoms with van der Waals surface area (Å²) in [6, 6.07) is 7.83. The van der Waals surface area contributed by atoms with Crippen LogP contribution in [0.4, 0.5) is 0 Å². The van der Waals surface area contributed by atoms with E-state index in [1.54, 1.807) is 7.11 Å². The summed E-state index contributed by atoms with van der Waals surface area (Å²) in [6.45, 7) is 10.1. The van der Waals surface area contributed by atoms with E-state index >= 15 is 0 Å². The Morgan fingerprint density at radius 1 is 1.25 bits per heavy atom. The number of imidazole rings is 1. The van der Waals surface area contributed by atoms with Gasteiger partial charge in [0.05, 0.1) is 12.8 Å². The Morgan fingerprint density at radius 3 is 2.57 bits per heavy atom. The first kappa shape index (κ1) is 20.4.